The van der Waals surface area contributed by atoms with Gasteiger partial charge in [-0.2, -0.15) is 0 Å². The molecule has 1 saturated carbocycles. The van der Waals surface area contributed by atoms with Crippen LogP contribution >= 0.6 is 0 Å². The second-order valence-corrected chi connectivity index (χ2v) is 5.83. The Morgan fingerprint density at radius 1 is 0.952 bits per heavy atom. The predicted molar refractivity (Wildman–Crippen MR) is 75.7 cm³/mol. The Bertz CT molecular complexity index is 410. The van der Waals surface area contributed by atoms with Crippen molar-refractivity contribution in [3.63, 3.8) is 0 Å². The van der Waals surface area contributed by atoms with Crippen LogP contribution in [0.3, 0.4) is 0 Å². The van der Waals surface area contributed by atoms with Crippen molar-refractivity contribution in [1.82, 2.24) is 15.1 Å². The van der Waals surface area contributed by atoms with Crippen LogP contribution < -0.4 is 5.32 Å². The Balaban J connectivity index is 1.73. The Kier molecular flexibility index (Phi) is 5.03. The molecule has 118 valence electrons. The SMILES string of the molecule is CC(=O)N1CCN(C(=O)NC2CCC(C(=O)O)CC2)CC1. The van der Waals surface area contributed by atoms with Crippen molar-refractivity contribution in [3.8, 4) is 0 Å². The first-order valence-corrected chi connectivity index (χ1v) is 7.51. The lowest BCUT2D eigenvalue weighted by atomic mass is 9.86. The summed E-state index contributed by atoms with van der Waals surface area (Å²) < 4.78 is 0. The van der Waals surface area contributed by atoms with Gasteiger partial charge in [-0.3, -0.25) is 9.59 Å². The zero-order valence-electron chi connectivity index (χ0n) is 12.4. The van der Waals surface area contributed by atoms with Crippen molar-refractivity contribution in [1.29, 1.82) is 0 Å². The predicted octanol–water partition coefficient (Wildman–Crippen LogP) is 0.504. The molecule has 1 aliphatic carbocycles. The molecular weight excluding hydrogens is 274 g/mol. The summed E-state index contributed by atoms with van der Waals surface area (Å²) in [6.07, 6.45) is 2.68. The number of hydrogen-bond acceptors (Lipinski definition) is 3. The first kappa shape index (κ1) is 15.6. The molecule has 0 aromatic rings. The smallest absolute Gasteiger partial charge is 0.317 e. The number of amides is 3. The zero-order valence-corrected chi connectivity index (χ0v) is 12.4. The molecule has 0 unspecified atom stereocenters. The fourth-order valence-corrected chi connectivity index (χ4v) is 2.98. The van der Waals surface area contributed by atoms with Crippen molar-refractivity contribution < 1.29 is 19.5 Å². The minimum absolute atomic E-state index is 0.0436. The van der Waals surface area contributed by atoms with E-state index in [1.165, 1.54) is 6.92 Å². The molecule has 2 N–H and O–H groups in total. The van der Waals surface area contributed by atoms with Gasteiger partial charge in [-0.25, -0.2) is 4.79 Å². The molecule has 0 atom stereocenters. The van der Waals surface area contributed by atoms with E-state index in [4.69, 9.17) is 5.11 Å². The number of aliphatic carboxylic acids is 1. The molecule has 1 saturated heterocycles. The lowest BCUT2D eigenvalue weighted by molar-refractivity contribution is -0.142. The third-order valence-electron chi connectivity index (χ3n) is 4.42. The van der Waals surface area contributed by atoms with Crippen LogP contribution in [-0.2, 0) is 9.59 Å². The molecule has 0 spiro atoms. The first-order chi connectivity index (χ1) is 9.97. The van der Waals surface area contributed by atoms with Crippen molar-refractivity contribution in [2.24, 2.45) is 5.92 Å². The molecule has 0 aromatic carbocycles. The number of urea groups is 1. The number of hydrogen-bond donors (Lipinski definition) is 2. The van der Waals surface area contributed by atoms with E-state index in [-0.39, 0.29) is 23.9 Å². The van der Waals surface area contributed by atoms with E-state index in [2.05, 4.69) is 5.32 Å². The summed E-state index contributed by atoms with van der Waals surface area (Å²) >= 11 is 0. The second-order valence-electron chi connectivity index (χ2n) is 5.83. The van der Waals surface area contributed by atoms with Gasteiger partial charge < -0.3 is 20.2 Å². The standard InChI is InChI=1S/C14H23N3O4/c1-10(18)16-6-8-17(9-7-16)14(21)15-12-4-2-11(3-5-12)13(19)20/h11-12H,2-9H2,1H3,(H,15,21)(H,19,20). The second kappa shape index (κ2) is 6.78. The van der Waals surface area contributed by atoms with Crippen molar-refractivity contribution in [2.45, 2.75) is 38.6 Å². The minimum atomic E-state index is -0.736. The van der Waals surface area contributed by atoms with E-state index in [1.54, 1.807) is 9.80 Å². The van der Waals surface area contributed by atoms with Gasteiger partial charge >= 0.3 is 12.0 Å². The summed E-state index contributed by atoms with van der Waals surface area (Å²) in [7, 11) is 0. The molecule has 1 heterocycles. The van der Waals surface area contributed by atoms with Crippen LogP contribution in [0.25, 0.3) is 0 Å². The highest BCUT2D eigenvalue weighted by Gasteiger charge is 2.28. The third kappa shape index (κ3) is 4.09. The Labute approximate surface area is 124 Å². The molecule has 2 aliphatic rings. The molecule has 7 heteroatoms. The lowest BCUT2D eigenvalue weighted by Crippen LogP contribution is -2.54. The van der Waals surface area contributed by atoms with E-state index < -0.39 is 5.97 Å². The molecular formula is C14H23N3O4. The molecule has 0 radical (unpaired) electrons. The van der Waals surface area contributed by atoms with Crippen LogP contribution in [0.5, 0.6) is 0 Å². The number of piperazine rings is 1. The van der Waals surface area contributed by atoms with Gasteiger partial charge in [-0.05, 0) is 25.7 Å². The van der Waals surface area contributed by atoms with Crippen LogP contribution in [0.1, 0.15) is 32.6 Å². The highest BCUT2D eigenvalue weighted by atomic mass is 16.4. The van der Waals surface area contributed by atoms with Gasteiger partial charge in [0.15, 0.2) is 0 Å². The number of carbonyl (C=O) groups is 3. The molecule has 1 aliphatic heterocycles. The summed E-state index contributed by atoms with van der Waals surface area (Å²) in [5, 5.41) is 11.9. The zero-order chi connectivity index (χ0) is 15.4. The molecule has 0 bridgehead atoms. The average molecular weight is 297 g/mol. The molecule has 21 heavy (non-hydrogen) atoms. The van der Waals surface area contributed by atoms with Crippen LogP contribution in [0.2, 0.25) is 0 Å². The fraction of sp³-hybridized carbons (Fsp3) is 0.786. The fourth-order valence-electron chi connectivity index (χ4n) is 2.98. The highest BCUT2D eigenvalue weighted by molar-refractivity contribution is 5.76. The Morgan fingerprint density at radius 3 is 1.95 bits per heavy atom. The Hall–Kier alpha value is -1.79. The number of nitrogens with zero attached hydrogens (tertiary/aromatic N) is 2. The van der Waals surface area contributed by atoms with Gasteiger partial charge in [0.05, 0.1) is 5.92 Å². The maximum atomic E-state index is 12.2. The number of carboxylic acids is 1. The van der Waals surface area contributed by atoms with Gasteiger partial charge in [0.1, 0.15) is 0 Å². The van der Waals surface area contributed by atoms with Gasteiger partial charge in [-0.1, -0.05) is 0 Å². The van der Waals surface area contributed by atoms with Crippen LogP contribution in [0, 0.1) is 5.92 Å². The van der Waals surface area contributed by atoms with Crippen molar-refractivity contribution in [2.75, 3.05) is 26.2 Å². The summed E-state index contributed by atoms with van der Waals surface area (Å²) in [4.78, 5) is 37.7. The number of nitrogens with one attached hydrogen (secondary N) is 1. The quantitative estimate of drug-likeness (QED) is 0.777. The summed E-state index contributed by atoms with van der Waals surface area (Å²) in [5.74, 6) is -0.959. The van der Waals surface area contributed by atoms with Gasteiger partial charge in [0, 0.05) is 39.1 Å². The number of rotatable bonds is 2. The van der Waals surface area contributed by atoms with Crippen molar-refractivity contribution >= 4 is 17.9 Å². The third-order valence-corrected chi connectivity index (χ3v) is 4.42. The normalized spacial score (nSPS) is 26.3. The molecule has 2 fully saturated rings. The number of carboxylic acid groups (broad SMARTS) is 1. The largest absolute Gasteiger partial charge is 0.481 e. The maximum absolute atomic E-state index is 12.2. The summed E-state index contributed by atoms with van der Waals surface area (Å²) in [6.45, 7) is 3.80. The highest BCUT2D eigenvalue weighted by Crippen LogP contribution is 2.24. The summed E-state index contributed by atoms with van der Waals surface area (Å²) in [5.41, 5.74) is 0. The van der Waals surface area contributed by atoms with E-state index in [9.17, 15) is 14.4 Å². The summed E-state index contributed by atoms with van der Waals surface area (Å²) in [6, 6.07) is -0.0316. The van der Waals surface area contributed by atoms with Gasteiger partial charge in [0.25, 0.3) is 0 Å². The molecule has 2 rings (SSSR count). The van der Waals surface area contributed by atoms with Crippen molar-refractivity contribution in [3.05, 3.63) is 0 Å². The van der Waals surface area contributed by atoms with E-state index in [1.807, 2.05) is 0 Å². The van der Waals surface area contributed by atoms with Crippen LogP contribution in [-0.4, -0.2) is 65.0 Å². The monoisotopic (exact) mass is 297 g/mol. The average Bonchev–Trinajstić information content (AvgIpc) is 2.47. The lowest BCUT2D eigenvalue weighted by Gasteiger charge is -2.36. The van der Waals surface area contributed by atoms with Crippen LogP contribution in [0.4, 0.5) is 4.79 Å². The van der Waals surface area contributed by atoms with E-state index in [0.717, 1.165) is 12.8 Å². The minimum Gasteiger partial charge on any atom is -0.481 e. The first-order valence-electron chi connectivity index (χ1n) is 7.51. The van der Waals surface area contributed by atoms with E-state index >= 15 is 0 Å². The molecule has 0 aromatic heterocycles. The topological polar surface area (TPSA) is 90.0 Å². The molecule has 7 nitrogen and oxygen atoms in total. The number of carbonyl (C=O) groups excluding carboxylic acids is 2. The van der Waals surface area contributed by atoms with Crippen LogP contribution in [0.15, 0.2) is 0 Å². The molecule has 3 amide bonds. The van der Waals surface area contributed by atoms with Gasteiger partial charge in [-0.15, -0.1) is 0 Å². The maximum Gasteiger partial charge on any atom is 0.317 e. The van der Waals surface area contributed by atoms with Gasteiger partial charge in [0.2, 0.25) is 5.91 Å². The Morgan fingerprint density at radius 2 is 1.48 bits per heavy atom. The van der Waals surface area contributed by atoms with E-state index in [0.29, 0.717) is 39.0 Å².